The SMILES string of the molecule is c1cc(-c2nccc3[nH]c(-c4n[nH]c5ccc(-c6cncc(CN7CCCCC7)c6)nc45)nc23)ccn1. The topological polar surface area (TPSA) is 112 Å². The lowest BCUT2D eigenvalue weighted by atomic mass is 10.1. The van der Waals surface area contributed by atoms with E-state index < -0.39 is 0 Å². The number of H-pyrrole nitrogens is 2. The Kier molecular flexibility index (Phi) is 5.40. The summed E-state index contributed by atoms with van der Waals surface area (Å²) in [6.45, 7) is 3.23. The highest BCUT2D eigenvalue weighted by atomic mass is 15.2. The maximum absolute atomic E-state index is 4.99. The summed E-state index contributed by atoms with van der Waals surface area (Å²) in [4.78, 5) is 29.0. The number of aromatic amines is 2. The third-order valence-corrected chi connectivity index (χ3v) is 6.93. The van der Waals surface area contributed by atoms with Crippen LogP contribution >= 0.6 is 0 Å². The van der Waals surface area contributed by atoms with Crippen molar-refractivity contribution in [2.75, 3.05) is 13.1 Å². The van der Waals surface area contributed by atoms with E-state index in [1.807, 2.05) is 42.7 Å². The predicted octanol–water partition coefficient (Wildman–Crippen LogP) is 5.01. The lowest BCUT2D eigenvalue weighted by Gasteiger charge is -2.26. The zero-order chi connectivity index (χ0) is 24.6. The summed E-state index contributed by atoms with van der Waals surface area (Å²) in [5.74, 6) is 0.645. The molecule has 0 aromatic carbocycles. The van der Waals surface area contributed by atoms with Gasteiger partial charge in [0.1, 0.15) is 11.0 Å². The van der Waals surface area contributed by atoms with Crippen LogP contribution < -0.4 is 0 Å². The van der Waals surface area contributed by atoms with Crippen molar-refractivity contribution in [3.8, 4) is 34.0 Å². The Morgan fingerprint density at radius 2 is 1.62 bits per heavy atom. The van der Waals surface area contributed by atoms with E-state index in [1.54, 1.807) is 18.6 Å². The number of likely N-dealkylation sites (tertiary alicyclic amines) is 1. The Bertz CT molecular complexity index is 1700. The molecular weight excluding hydrogens is 462 g/mol. The van der Waals surface area contributed by atoms with Crippen LogP contribution in [0.3, 0.4) is 0 Å². The summed E-state index contributed by atoms with van der Waals surface area (Å²) < 4.78 is 0. The van der Waals surface area contributed by atoms with Crippen molar-refractivity contribution in [2.24, 2.45) is 0 Å². The Morgan fingerprint density at radius 1 is 0.757 bits per heavy atom. The average Bonchev–Trinajstić information content (AvgIpc) is 3.58. The van der Waals surface area contributed by atoms with Crippen molar-refractivity contribution >= 4 is 22.1 Å². The number of pyridine rings is 4. The maximum Gasteiger partial charge on any atom is 0.161 e. The number of aromatic nitrogens is 8. The van der Waals surface area contributed by atoms with E-state index in [9.17, 15) is 0 Å². The number of nitrogens with one attached hydrogen (secondary N) is 2. The van der Waals surface area contributed by atoms with Crippen LogP contribution in [-0.2, 0) is 6.54 Å². The number of nitrogens with zero attached hydrogens (tertiary/aromatic N) is 7. The number of hydrogen-bond donors (Lipinski definition) is 2. The molecule has 6 aromatic rings. The molecule has 9 nitrogen and oxygen atoms in total. The predicted molar refractivity (Wildman–Crippen MR) is 142 cm³/mol. The fourth-order valence-corrected chi connectivity index (χ4v) is 5.08. The van der Waals surface area contributed by atoms with E-state index in [2.05, 4.69) is 41.1 Å². The first-order chi connectivity index (χ1) is 18.3. The van der Waals surface area contributed by atoms with E-state index in [4.69, 9.17) is 9.97 Å². The van der Waals surface area contributed by atoms with Crippen molar-refractivity contribution in [2.45, 2.75) is 25.8 Å². The number of rotatable bonds is 5. The van der Waals surface area contributed by atoms with Crippen LogP contribution in [0.5, 0.6) is 0 Å². The van der Waals surface area contributed by atoms with Crippen LogP contribution in [0.25, 0.3) is 56.1 Å². The molecule has 1 fully saturated rings. The summed E-state index contributed by atoms with van der Waals surface area (Å²) >= 11 is 0. The van der Waals surface area contributed by atoms with Gasteiger partial charge >= 0.3 is 0 Å². The molecule has 0 saturated carbocycles. The molecule has 1 saturated heterocycles. The second kappa shape index (κ2) is 9.18. The Morgan fingerprint density at radius 3 is 2.51 bits per heavy atom. The van der Waals surface area contributed by atoms with Crippen LogP contribution in [0.4, 0.5) is 0 Å². The van der Waals surface area contributed by atoms with Gasteiger partial charge in [-0.1, -0.05) is 6.42 Å². The lowest BCUT2D eigenvalue weighted by molar-refractivity contribution is 0.220. The molecule has 0 spiro atoms. The molecule has 7 rings (SSSR count). The molecule has 0 unspecified atom stereocenters. The molecule has 0 aliphatic carbocycles. The standard InChI is InChI=1S/C28H25N9/c1-2-12-37(13-3-1)17-18-14-20(16-30-15-18)21-4-5-23-26(32-21)27(36-35-23)28-33-22-8-11-31-24(25(22)34-28)19-6-9-29-10-7-19/h4-11,14-16H,1-3,12-13,17H2,(H,33,34)(H,35,36). The normalized spacial score (nSPS) is 14.5. The van der Waals surface area contributed by atoms with Crippen molar-refractivity contribution in [1.82, 2.24) is 45.0 Å². The average molecular weight is 488 g/mol. The van der Waals surface area contributed by atoms with E-state index in [-0.39, 0.29) is 0 Å². The Balaban J connectivity index is 1.26. The largest absolute Gasteiger partial charge is 0.336 e. The van der Waals surface area contributed by atoms with E-state index in [0.717, 1.165) is 64.2 Å². The summed E-state index contributed by atoms with van der Waals surface area (Å²) in [7, 11) is 0. The van der Waals surface area contributed by atoms with Crippen molar-refractivity contribution in [1.29, 1.82) is 0 Å². The van der Waals surface area contributed by atoms with Gasteiger partial charge in [0.15, 0.2) is 11.5 Å². The van der Waals surface area contributed by atoms with Gasteiger partial charge in [-0.05, 0) is 67.9 Å². The Labute approximate surface area is 213 Å². The third-order valence-electron chi connectivity index (χ3n) is 6.93. The first kappa shape index (κ1) is 21.8. The third kappa shape index (κ3) is 4.13. The van der Waals surface area contributed by atoms with Crippen LogP contribution in [0.1, 0.15) is 24.8 Å². The van der Waals surface area contributed by atoms with Crippen LogP contribution in [0.15, 0.2) is 67.4 Å². The van der Waals surface area contributed by atoms with Gasteiger partial charge in [-0.15, -0.1) is 0 Å². The molecule has 7 heterocycles. The molecule has 0 atom stereocenters. The lowest BCUT2D eigenvalue weighted by Crippen LogP contribution is -2.29. The number of hydrogen-bond acceptors (Lipinski definition) is 7. The minimum atomic E-state index is 0.645. The first-order valence-electron chi connectivity index (χ1n) is 12.6. The van der Waals surface area contributed by atoms with Gasteiger partial charge in [0.25, 0.3) is 0 Å². The molecule has 9 heteroatoms. The fourth-order valence-electron chi connectivity index (χ4n) is 5.08. The number of imidazole rings is 1. The minimum absolute atomic E-state index is 0.645. The summed E-state index contributed by atoms with van der Waals surface area (Å²) in [6.07, 6.45) is 13.0. The summed E-state index contributed by atoms with van der Waals surface area (Å²) in [5, 5.41) is 7.66. The molecule has 2 N–H and O–H groups in total. The van der Waals surface area contributed by atoms with Crippen molar-refractivity contribution in [3.63, 3.8) is 0 Å². The number of piperidine rings is 1. The zero-order valence-corrected chi connectivity index (χ0v) is 20.2. The molecule has 6 aromatic heterocycles. The van der Waals surface area contributed by atoms with Gasteiger partial charge in [0.2, 0.25) is 0 Å². The summed E-state index contributed by atoms with van der Waals surface area (Å²) in [5.41, 5.74) is 8.78. The fraction of sp³-hybridized carbons (Fsp3) is 0.214. The van der Waals surface area contributed by atoms with Gasteiger partial charge in [-0.25, -0.2) is 9.97 Å². The van der Waals surface area contributed by atoms with Crippen molar-refractivity contribution in [3.05, 3.63) is 72.9 Å². The summed E-state index contributed by atoms with van der Waals surface area (Å²) in [6, 6.07) is 12.0. The quantitative estimate of drug-likeness (QED) is 0.352. The van der Waals surface area contributed by atoms with Gasteiger partial charge < -0.3 is 4.98 Å². The Hall–Kier alpha value is -4.50. The molecule has 0 radical (unpaired) electrons. The second-order valence-electron chi connectivity index (χ2n) is 9.46. The molecule has 1 aliphatic rings. The zero-order valence-electron chi connectivity index (χ0n) is 20.2. The van der Waals surface area contributed by atoms with E-state index in [1.165, 1.54) is 24.8 Å². The van der Waals surface area contributed by atoms with Gasteiger partial charge in [0, 0.05) is 48.7 Å². The molecule has 182 valence electrons. The van der Waals surface area contributed by atoms with Crippen LogP contribution in [-0.4, -0.2) is 58.1 Å². The minimum Gasteiger partial charge on any atom is -0.336 e. The molecule has 0 amide bonds. The molecular formula is C28H25N9. The second-order valence-corrected chi connectivity index (χ2v) is 9.46. The van der Waals surface area contributed by atoms with Gasteiger partial charge in [-0.2, -0.15) is 5.10 Å². The first-order valence-corrected chi connectivity index (χ1v) is 12.6. The van der Waals surface area contributed by atoms with Crippen LogP contribution in [0, 0.1) is 0 Å². The molecule has 1 aliphatic heterocycles. The number of fused-ring (bicyclic) bond motifs is 2. The van der Waals surface area contributed by atoms with Gasteiger partial charge in [-0.3, -0.25) is 25.0 Å². The smallest absolute Gasteiger partial charge is 0.161 e. The van der Waals surface area contributed by atoms with E-state index >= 15 is 0 Å². The highest BCUT2D eigenvalue weighted by Crippen LogP contribution is 2.30. The monoisotopic (exact) mass is 487 g/mol. The van der Waals surface area contributed by atoms with Crippen LogP contribution in [0.2, 0.25) is 0 Å². The van der Waals surface area contributed by atoms with E-state index in [0.29, 0.717) is 11.5 Å². The highest BCUT2D eigenvalue weighted by molar-refractivity contribution is 5.95. The highest BCUT2D eigenvalue weighted by Gasteiger charge is 2.18. The molecule has 37 heavy (non-hydrogen) atoms. The van der Waals surface area contributed by atoms with Gasteiger partial charge in [0.05, 0.1) is 22.4 Å². The van der Waals surface area contributed by atoms with Crippen molar-refractivity contribution < 1.29 is 0 Å². The molecule has 0 bridgehead atoms. The maximum atomic E-state index is 4.99.